The van der Waals surface area contributed by atoms with Gasteiger partial charge in [-0.15, -0.1) is 0 Å². The summed E-state index contributed by atoms with van der Waals surface area (Å²) in [4.78, 5) is 14.7. The van der Waals surface area contributed by atoms with Gasteiger partial charge in [-0.2, -0.15) is 0 Å². The molecule has 0 spiro atoms. The van der Waals surface area contributed by atoms with E-state index in [2.05, 4.69) is 4.90 Å². The molecule has 19 heavy (non-hydrogen) atoms. The summed E-state index contributed by atoms with van der Waals surface area (Å²) in [7, 11) is 0. The lowest BCUT2D eigenvalue weighted by Crippen LogP contribution is -2.39. The summed E-state index contributed by atoms with van der Waals surface area (Å²) >= 11 is 0. The van der Waals surface area contributed by atoms with Crippen LogP contribution in [0.2, 0.25) is 0 Å². The molecule has 3 nitrogen and oxygen atoms in total. The number of rotatable bonds is 4. The lowest BCUT2D eigenvalue weighted by atomic mass is 9.95. The minimum absolute atomic E-state index is 0.358. The highest BCUT2D eigenvalue weighted by Gasteiger charge is 2.35. The summed E-state index contributed by atoms with van der Waals surface area (Å²) < 4.78 is 5.62. The number of hydrogen-bond donors (Lipinski definition) is 0. The Balaban J connectivity index is 1.49. The van der Waals surface area contributed by atoms with Crippen molar-refractivity contribution >= 4 is 5.91 Å². The zero-order chi connectivity index (χ0) is 13.1. The monoisotopic (exact) mass is 265 g/mol. The van der Waals surface area contributed by atoms with Crippen LogP contribution < -0.4 is 0 Å². The van der Waals surface area contributed by atoms with Crippen molar-refractivity contribution in [2.45, 2.75) is 76.4 Å². The van der Waals surface area contributed by atoms with Crippen molar-refractivity contribution < 1.29 is 9.53 Å². The fraction of sp³-hybridized carbons (Fsp3) is 0.938. The quantitative estimate of drug-likeness (QED) is 0.781. The van der Waals surface area contributed by atoms with Crippen molar-refractivity contribution in [2.75, 3.05) is 13.2 Å². The minimum Gasteiger partial charge on any atom is -0.378 e. The van der Waals surface area contributed by atoms with Crippen molar-refractivity contribution in [3.8, 4) is 0 Å². The lowest BCUT2D eigenvalue weighted by Gasteiger charge is -2.29. The van der Waals surface area contributed by atoms with E-state index in [0.717, 1.165) is 31.9 Å². The normalized spacial score (nSPS) is 32.3. The van der Waals surface area contributed by atoms with Gasteiger partial charge in [0.25, 0.3) is 0 Å². The van der Waals surface area contributed by atoms with Gasteiger partial charge >= 0.3 is 0 Å². The first-order chi connectivity index (χ1) is 9.34. The molecule has 0 N–H and O–H groups in total. The number of amides is 1. The molecule has 108 valence electrons. The van der Waals surface area contributed by atoms with Crippen LogP contribution in [0, 0.1) is 5.92 Å². The first-order valence-corrected chi connectivity index (χ1v) is 8.25. The first kappa shape index (κ1) is 13.4. The van der Waals surface area contributed by atoms with Gasteiger partial charge in [-0.25, -0.2) is 0 Å². The molecule has 0 radical (unpaired) electrons. The second-order valence-electron chi connectivity index (χ2n) is 6.51. The average molecular weight is 265 g/mol. The molecular formula is C16H27NO2. The Hall–Kier alpha value is -0.570. The van der Waals surface area contributed by atoms with E-state index < -0.39 is 0 Å². The van der Waals surface area contributed by atoms with Gasteiger partial charge in [0, 0.05) is 25.6 Å². The average Bonchev–Trinajstić information content (AvgIpc) is 3.14. The molecule has 0 bridgehead atoms. The molecule has 3 rings (SSSR count). The van der Waals surface area contributed by atoms with Gasteiger partial charge in [0.2, 0.25) is 5.91 Å². The van der Waals surface area contributed by atoms with Crippen molar-refractivity contribution in [1.82, 2.24) is 4.90 Å². The van der Waals surface area contributed by atoms with Crippen LogP contribution in [0.25, 0.3) is 0 Å². The summed E-state index contributed by atoms with van der Waals surface area (Å²) in [6.07, 6.45) is 12.2. The van der Waals surface area contributed by atoms with E-state index in [0.29, 0.717) is 24.5 Å². The molecule has 0 unspecified atom stereocenters. The molecule has 2 saturated heterocycles. The number of carbonyl (C=O) groups excluding carboxylic acids is 1. The molecule has 0 aromatic rings. The standard InChI is InChI=1S/C16H27NO2/c18-16(10-9-14-7-4-12-19-14)17-11-3-8-15(17)13-5-1-2-6-13/h13-15H,1-12H2/t14-,15-/m0/s1. The smallest absolute Gasteiger partial charge is 0.222 e. The van der Waals surface area contributed by atoms with Gasteiger partial charge in [-0.3, -0.25) is 4.79 Å². The van der Waals surface area contributed by atoms with E-state index in [1.807, 2.05) is 0 Å². The van der Waals surface area contributed by atoms with Crippen molar-refractivity contribution in [3.63, 3.8) is 0 Å². The number of hydrogen-bond acceptors (Lipinski definition) is 2. The Bertz CT molecular complexity index is 306. The van der Waals surface area contributed by atoms with Gasteiger partial charge < -0.3 is 9.64 Å². The molecule has 2 aliphatic heterocycles. The maximum Gasteiger partial charge on any atom is 0.222 e. The third kappa shape index (κ3) is 3.13. The summed E-state index contributed by atoms with van der Waals surface area (Å²) in [5.41, 5.74) is 0. The van der Waals surface area contributed by atoms with Gasteiger partial charge in [0.15, 0.2) is 0 Å². The first-order valence-electron chi connectivity index (χ1n) is 8.25. The molecule has 0 aromatic carbocycles. The van der Waals surface area contributed by atoms with Crippen LogP contribution in [0.5, 0.6) is 0 Å². The molecular weight excluding hydrogens is 238 g/mol. The van der Waals surface area contributed by atoms with Crippen molar-refractivity contribution in [2.24, 2.45) is 5.92 Å². The Labute approximate surface area is 116 Å². The molecule has 2 heterocycles. The van der Waals surface area contributed by atoms with Crippen molar-refractivity contribution in [1.29, 1.82) is 0 Å². The number of ether oxygens (including phenoxy) is 1. The zero-order valence-electron chi connectivity index (χ0n) is 12.0. The number of carbonyl (C=O) groups is 1. The van der Waals surface area contributed by atoms with E-state index in [4.69, 9.17) is 4.74 Å². The fourth-order valence-electron chi connectivity index (χ4n) is 4.23. The van der Waals surface area contributed by atoms with Crippen LogP contribution in [-0.2, 0) is 9.53 Å². The summed E-state index contributed by atoms with van der Waals surface area (Å²) in [6.45, 7) is 1.90. The van der Waals surface area contributed by atoms with E-state index >= 15 is 0 Å². The summed E-state index contributed by atoms with van der Waals surface area (Å²) in [5, 5.41) is 0. The minimum atomic E-state index is 0.358. The topological polar surface area (TPSA) is 29.5 Å². The maximum atomic E-state index is 12.4. The van der Waals surface area contributed by atoms with Gasteiger partial charge in [0.05, 0.1) is 6.10 Å². The SMILES string of the molecule is O=C(CC[C@@H]1CCCO1)N1CCC[C@H]1C1CCCC1. The molecule has 1 aliphatic carbocycles. The molecule has 2 atom stereocenters. The zero-order valence-corrected chi connectivity index (χ0v) is 12.0. The fourth-order valence-corrected chi connectivity index (χ4v) is 4.23. The third-order valence-corrected chi connectivity index (χ3v) is 5.27. The predicted octanol–water partition coefficient (Wildman–Crippen LogP) is 3.13. The van der Waals surface area contributed by atoms with Gasteiger partial charge in [-0.05, 0) is 50.9 Å². The highest BCUT2D eigenvalue weighted by atomic mass is 16.5. The summed E-state index contributed by atoms with van der Waals surface area (Å²) in [6, 6.07) is 0.569. The Morgan fingerprint density at radius 2 is 1.89 bits per heavy atom. The second kappa shape index (κ2) is 6.25. The molecule has 3 aliphatic rings. The maximum absolute atomic E-state index is 12.4. The van der Waals surface area contributed by atoms with E-state index in [9.17, 15) is 4.79 Å². The Kier molecular flexibility index (Phi) is 4.42. The number of nitrogens with zero attached hydrogens (tertiary/aromatic N) is 1. The van der Waals surface area contributed by atoms with Crippen LogP contribution in [0.15, 0.2) is 0 Å². The molecule has 3 fully saturated rings. The van der Waals surface area contributed by atoms with Crippen LogP contribution in [0.4, 0.5) is 0 Å². The Morgan fingerprint density at radius 3 is 2.63 bits per heavy atom. The van der Waals surface area contributed by atoms with Crippen LogP contribution in [0.3, 0.4) is 0 Å². The number of likely N-dealkylation sites (tertiary alicyclic amines) is 1. The van der Waals surface area contributed by atoms with Crippen LogP contribution >= 0.6 is 0 Å². The van der Waals surface area contributed by atoms with Crippen LogP contribution in [-0.4, -0.2) is 36.1 Å². The molecule has 1 saturated carbocycles. The summed E-state index contributed by atoms with van der Waals surface area (Å²) in [5.74, 6) is 1.19. The largest absolute Gasteiger partial charge is 0.378 e. The molecule has 1 amide bonds. The van der Waals surface area contributed by atoms with Gasteiger partial charge in [0.1, 0.15) is 0 Å². The van der Waals surface area contributed by atoms with E-state index in [-0.39, 0.29) is 0 Å². The molecule has 0 aromatic heterocycles. The second-order valence-corrected chi connectivity index (χ2v) is 6.51. The molecule has 3 heteroatoms. The van der Waals surface area contributed by atoms with E-state index in [1.165, 1.54) is 44.9 Å². The van der Waals surface area contributed by atoms with E-state index in [1.54, 1.807) is 0 Å². The Morgan fingerprint density at radius 1 is 1.05 bits per heavy atom. The van der Waals surface area contributed by atoms with Crippen molar-refractivity contribution in [3.05, 3.63) is 0 Å². The highest BCUT2D eigenvalue weighted by Crippen LogP contribution is 2.35. The van der Waals surface area contributed by atoms with Crippen LogP contribution in [0.1, 0.15) is 64.2 Å². The lowest BCUT2D eigenvalue weighted by molar-refractivity contribution is -0.133. The van der Waals surface area contributed by atoms with Gasteiger partial charge in [-0.1, -0.05) is 12.8 Å². The third-order valence-electron chi connectivity index (χ3n) is 5.27. The predicted molar refractivity (Wildman–Crippen MR) is 74.9 cm³/mol. The highest BCUT2D eigenvalue weighted by molar-refractivity contribution is 5.76.